The Hall–Kier alpha value is -2.76. The van der Waals surface area contributed by atoms with Crippen LogP contribution in [0.15, 0.2) is 65.8 Å². The first-order valence-electron chi connectivity index (χ1n) is 9.49. The summed E-state index contributed by atoms with van der Waals surface area (Å²) in [4.78, 5) is 42.1. The lowest BCUT2D eigenvalue weighted by Gasteiger charge is -2.57. The van der Waals surface area contributed by atoms with Crippen molar-refractivity contribution < 1.29 is 24.6 Å². The molecule has 2 N–H and O–H groups in total. The molecule has 0 aliphatic carbocycles. The van der Waals surface area contributed by atoms with Crippen LogP contribution in [0.3, 0.4) is 0 Å². The minimum Gasteiger partial charge on any atom is -0.480 e. The van der Waals surface area contributed by atoms with Crippen LogP contribution in [0, 0.1) is 0 Å². The van der Waals surface area contributed by atoms with Crippen molar-refractivity contribution in [2.24, 2.45) is 5.11 Å². The van der Waals surface area contributed by atoms with Gasteiger partial charge in [0.15, 0.2) is 5.54 Å². The second-order valence-electron chi connectivity index (χ2n) is 7.21. The maximum absolute atomic E-state index is 13.1. The summed E-state index contributed by atoms with van der Waals surface area (Å²) < 4.78 is 0.235. The first kappa shape index (κ1) is 23.9. The number of rotatable bonds is 9. The Morgan fingerprint density at radius 2 is 1.62 bits per heavy atom. The Balaban J connectivity index is 2.37. The summed E-state index contributed by atoms with van der Waals surface area (Å²) in [5.41, 5.74) is 7.57. The highest BCUT2D eigenvalue weighted by atomic mass is 127. The summed E-state index contributed by atoms with van der Waals surface area (Å²) in [5, 5.41) is 22.3. The molecule has 0 bridgehead atoms. The maximum atomic E-state index is 13.1. The monoisotopic (exact) mass is 566 g/mol. The third kappa shape index (κ3) is 3.80. The number of aliphatic carboxylic acids is 2. The van der Waals surface area contributed by atoms with E-state index in [2.05, 4.69) is 22.7 Å². The summed E-state index contributed by atoms with van der Waals surface area (Å²) in [7, 11) is 0. The maximum Gasteiger partial charge on any atom is 0.332 e. The predicted molar refractivity (Wildman–Crippen MR) is 128 cm³/mol. The molecule has 4 atom stereocenters. The summed E-state index contributed by atoms with van der Waals surface area (Å²) in [5.74, 6) is -4.81. The number of alkyl halides is 1. The van der Waals surface area contributed by atoms with Crippen molar-refractivity contribution in [2.45, 2.75) is 28.8 Å². The Bertz CT molecular complexity index is 1030. The van der Waals surface area contributed by atoms with Gasteiger partial charge in [0.2, 0.25) is 5.91 Å². The highest BCUT2D eigenvalue weighted by molar-refractivity contribution is 14.1. The van der Waals surface area contributed by atoms with Crippen molar-refractivity contribution in [3.8, 4) is 0 Å². The smallest absolute Gasteiger partial charge is 0.332 e. The van der Waals surface area contributed by atoms with E-state index in [4.69, 9.17) is 5.53 Å². The normalized spacial score (nSPS) is 20.6. The fraction of sp³-hybridized carbons (Fsp3) is 0.286. The molecular formula is C21H19IN4O5S. The number of carboxylic acid groups (broad SMARTS) is 2. The molecule has 1 amide bonds. The molecule has 0 saturated carbocycles. The van der Waals surface area contributed by atoms with Crippen molar-refractivity contribution in [2.75, 3.05) is 4.43 Å². The number of halogens is 1. The Morgan fingerprint density at radius 1 is 1.12 bits per heavy atom. The molecule has 11 heteroatoms. The second-order valence-corrected chi connectivity index (χ2v) is 8.60. The Kier molecular flexibility index (Phi) is 7.32. The quantitative estimate of drug-likeness (QED) is 0.0812. The average molecular weight is 566 g/mol. The summed E-state index contributed by atoms with van der Waals surface area (Å²) in [6, 6.07) is 15.2. The Morgan fingerprint density at radius 3 is 2.00 bits per heavy atom. The van der Waals surface area contributed by atoms with Gasteiger partial charge in [0, 0.05) is 15.3 Å². The van der Waals surface area contributed by atoms with Gasteiger partial charge in [-0.2, -0.15) is 12.6 Å². The van der Waals surface area contributed by atoms with E-state index < -0.39 is 46.6 Å². The molecule has 3 rings (SSSR count). The van der Waals surface area contributed by atoms with Crippen LogP contribution in [0.25, 0.3) is 10.4 Å². The highest BCUT2D eigenvalue weighted by Gasteiger charge is 2.67. The molecule has 0 spiro atoms. The van der Waals surface area contributed by atoms with E-state index in [1.165, 1.54) is 0 Å². The van der Waals surface area contributed by atoms with Crippen molar-refractivity contribution in [1.29, 1.82) is 0 Å². The molecule has 1 heterocycles. The third-order valence-electron chi connectivity index (χ3n) is 5.62. The first-order chi connectivity index (χ1) is 15.3. The van der Waals surface area contributed by atoms with Crippen LogP contribution in [0.2, 0.25) is 0 Å². The van der Waals surface area contributed by atoms with Gasteiger partial charge in [-0.25, -0.2) is 4.79 Å². The van der Waals surface area contributed by atoms with Gasteiger partial charge in [-0.1, -0.05) is 88.4 Å². The second kappa shape index (κ2) is 9.80. The molecule has 9 nitrogen and oxygen atoms in total. The van der Waals surface area contributed by atoms with Gasteiger partial charge in [-0.15, -0.1) is 0 Å². The van der Waals surface area contributed by atoms with Crippen LogP contribution in [-0.4, -0.2) is 60.3 Å². The van der Waals surface area contributed by atoms with E-state index in [-0.39, 0.29) is 4.43 Å². The number of thiol groups is 1. The molecule has 1 aliphatic rings. The minimum absolute atomic E-state index is 0.235. The molecule has 0 aromatic heterocycles. The number of β-lactam (4-membered cyclic amide) rings is 1. The zero-order valence-corrected chi connectivity index (χ0v) is 19.6. The lowest BCUT2D eigenvalue weighted by molar-refractivity contribution is -0.178. The van der Waals surface area contributed by atoms with Crippen LogP contribution in [0.4, 0.5) is 0 Å². The number of carbonyl (C=O) groups excluding carboxylic acids is 1. The number of hydrogen-bond donors (Lipinski definition) is 3. The molecule has 32 heavy (non-hydrogen) atoms. The summed E-state index contributed by atoms with van der Waals surface area (Å²) in [6.45, 7) is 0. The van der Waals surface area contributed by atoms with Crippen LogP contribution in [-0.2, 0) is 14.4 Å². The van der Waals surface area contributed by atoms with Crippen molar-refractivity contribution in [3.05, 3.63) is 82.2 Å². The van der Waals surface area contributed by atoms with Gasteiger partial charge in [0.05, 0.1) is 6.04 Å². The number of amides is 1. The number of benzene rings is 2. The largest absolute Gasteiger partial charge is 0.480 e. The number of hydrogen-bond acceptors (Lipinski definition) is 5. The van der Waals surface area contributed by atoms with Crippen LogP contribution in [0.1, 0.15) is 17.0 Å². The Labute approximate surface area is 202 Å². The number of carbonyl (C=O) groups is 3. The van der Waals surface area contributed by atoms with Gasteiger partial charge >= 0.3 is 11.9 Å². The van der Waals surface area contributed by atoms with Crippen molar-refractivity contribution in [1.82, 2.24) is 4.90 Å². The zero-order valence-electron chi connectivity index (χ0n) is 16.5. The molecule has 1 saturated heterocycles. The van der Waals surface area contributed by atoms with E-state index in [0.717, 1.165) is 4.90 Å². The number of nitrogens with zero attached hydrogens (tertiary/aromatic N) is 4. The van der Waals surface area contributed by atoms with Crippen LogP contribution in [0.5, 0.6) is 0 Å². The van der Waals surface area contributed by atoms with Gasteiger partial charge in [0.1, 0.15) is 11.3 Å². The van der Waals surface area contributed by atoms with Crippen molar-refractivity contribution >= 4 is 53.1 Å². The highest BCUT2D eigenvalue weighted by Crippen LogP contribution is 2.48. The number of azide groups is 1. The van der Waals surface area contributed by atoms with Gasteiger partial charge in [-0.3, -0.25) is 9.59 Å². The van der Waals surface area contributed by atoms with Gasteiger partial charge < -0.3 is 15.1 Å². The standard InChI is InChI=1S/C21H19IN4O5S/c22-11-14-16(24-25-23)18(27)26(14)21(20(30)31,17(32)19(28)29)15(12-7-3-1-4-8-12)13-9-5-2-6-10-13/h1-10,14-17,32H,11H2,(H,28,29)(H,30,31). The SMILES string of the molecule is [N-]=[N+]=NC1C(=O)N(C(C(=O)O)(C(S)C(=O)O)C(c2ccccc2)c2ccccc2)C1CI. The summed E-state index contributed by atoms with van der Waals surface area (Å²) >= 11 is 6.19. The molecule has 0 radical (unpaired) electrons. The lowest BCUT2D eigenvalue weighted by Crippen LogP contribution is -2.79. The van der Waals surface area contributed by atoms with E-state index in [9.17, 15) is 24.6 Å². The minimum atomic E-state index is -2.30. The van der Waals surface area contributed by atoms with E-state index >= 15 is 0 Å². The average Bonchev–Trinajstić information content (AvgIpc) is 2.80. The lowest BCUT2D eigenvalue weighted by atomic mass is 9.68. The first-order valence-corrected chi connectivity index (χ1v) is 11.5. The fourth-order valence-electron chi connectivity index (χ4n) is 4.27. The van der Waals surface area contributed by atoms with Gasteiger partial charge in [0.25, 0.3) is 0 Å². The van der Waals surface area contributed by atoms with Gasteiger partial charge in [-0.05, 0) is 16.7 Å². The van der Waals surface area contributed by atoms with Crippen molar-refractivity contribution in [3.63, 3.8) is 0 Å². The van der Waals surface area contributed by atoms with E-state index in [0.29, 0.717) is 11.1 Å². The predicted octanol–water partition coefficient (Wildman–Crippen LogP) is 3.35. The molecule has 2 aromatic rings. The molecular weight excluding hydrogens is 547 g/mol. The van der Waals surface area contributed by atoms with Crippen LogP contribution < -0.4 is 0 Å². The topological polar surface area (TPSA) is 144 Å². The molecule has 2 aromatic carbocycles. The zero-order chi connectivity index (χ0) is 23.5. The summed E-state index contributed by atoms with van der Waals surface area (Å²) in [6.07, 6.45) is 0. The van der Waals surface area contributed by atoms with E-state index in [1.807, 2.05) is 22.6 Å². The molecule has 166 valence electrons. The van der Waals surface area contributed by atoms with Crippen LogP contribution >= 0.6 is 35.2 Å². The molecule has 1 fully saturated rings. The third-order valence-corrected chi connectivity index (χ3v) is 7.14. The number of carboxylic acids is 2. The molecule has 1 aliphatic heterocycles. The van der Waals surface area contributed by atoms with E-state index in [1.54, 1.807) is 60.7 Å². The number of likely N-dealkylation sites (tertiary alicyclic amines) is 1. The fourth-order valence-corrected chi connectivity index (χ4v) is 5.53. The molecule has 4 unspecified atom stereocenters.